The molecular formula is C27H31F2N7O5. The van der Waals surface area contributed by atoms with E-state index in [0.29, 0.717) is 69.0 Å². The molecule has 218 valence electrons. The molecule has 0 radical (unpaired) electrons. The number of hydrogen-bond donors (Lipinski definition) is 1. The molecule has 1 aromatic carbocycles. The SMILES string of the molecule is O=C1CN(C(=O)C2CCC(Oc3cc(-n4c(C(F)F)nc5ccccc54)nc(N4CCOCC4)n3)CC2)CN1CO. The van der Waals surface area contributed by atoms with Crippen LogP contribution in [0.5, 0.6) is 5.88 Å². The lowest BCUT2D eigenvalue weighted by Crippen LogP contribution is -2.39. The lowest BCUT2D eigenvalue weighted by molar-refractivity contribution is -0.137. The quantitative estimate of drug-likeness (QED) is 0.454. The van der Waals surface area contributed by atoms with E-state index in [2.05, 4.69) is 15.0 Å². The number of carbonyl (C=O) groups excluding carboxylic acids is 2. The number of halogens is 2. The molecule has 2 amide bonds. The van der Waals surface area contributed by atoms with Crippen LogP contribution < -0.4 is 9.64 Å². The van der Waals surface area contributed by atoms with E-state index in [1.165, 1.54) is 14.4 Å². The van der Waals surface area contributed by atoms with Crippen LogP contribution in [0.25, 0.3) is 16.9 Å². The minimum Gasteiger partial charge on any atom is -0.474 e. The topological polar surface area (TPSA) is 126 Å². The van der Waals surface area contributed by atoms with E-state index < -0.39 is 19.0 Å². The Morgan fingerprint density at radius 2 is 1.85 bits per heavy atom. The smallest absolute Gasteiger partial charge is 0.296 e. The number of morpholine rings is 1. The molecule has 0 spiro atoms. The van der Waals surface area contributed by atoms with Gasteiger partial charge < -0.3 is 29.3 Å². The fourth-order valence-corrected chi connectivity index (χ4v) is 5.64. The number of aliphatic hydroxyl groups excluding tert-OH is 1. The van der Waals surface area contributed by atoms with Crippen molar-refractivity contribution in [2.45, 2.75) is 38.2 Å². The monoisotopic (exact) mass is 571 g/mol. The molecule has 2 aromatic heterocycles. The fourth-order valence-electron chi connectivity index (χ4n) is 5.64. The zero-order valence-corrected chi connectivity index (χ0v) is 22.4. The van der Waals surface area contributed by atoms with E-state index in [4.69, 9.17) is 9.47 Å². The third-order valence-corrected chi connectivity index (χ3v) is 7.80. The number of aromatic nitrogens is 4. The molecule has 0 unspecified atom stereocenters. The maximum atomic E-state index is 14.1. The van der Waals surface area contributed by atoms with Gasteiger partial charge in [0.05, 0.1) is 30.9 Å². The van der Waals surface area contributed by atoms with Crippen molar-refractivity contribution in [3.8, 4) is 11.7 Å². The number of ether oxygens (including phenoxy) is 2. The first kappa shape index (κ1) is 27.3. The maximum absolute atomic E-state index is 14.1. The summed E-state index contributed by atoms with van der Waals surface area (Å²) in [4.78, 5) is 43.0. The molecule has 1 aliphatic carbocycles. The zero-order valence-electron chi connectivity index (χ0n) is 22.4. The van der Waals surface area contributed by atoms with Gasteiger partial charge in [-0.1, -0.05) is 12.1 Å². The Hall–Kier alpha value is -3.91. The predicted molar refractivity (Wildman–Crippen MR) is 142 cm³/mol. The lowest BCUT2D eigenvalue weighted by atomic mass is 9.86. The van der Waals surface area contributed by atoms with Crippen LogP contribution in [0, 0.1) is 5.92 Å². The predicted octanol–water partition coefficient (Wildman–Crippen LogP) is 2.11. The minimum absolute atomic E-state index is 0.0204. The number of alkyl halides is 2. The van der Waals surface area contributed by atoms with Crippen LogP contribution in [0.15, 0.2) is 30.3 Å². The van der Waals surface area contributed by atoms with Gasteiger partial charge in [0.1, 0.15) is 25.2 Å². The number of aliphatic hydroxyl groups is 1. The molecule has 3 aliphatic rings. The van der Waals surface area contributed by atoms with Gasteiger partial charge >= 0.3 is 0 Å². The van der Waals surface area contributed by atoms with Crippen molar-refractivity contribution < 1.29 is 33.0 Å². The molecular weight excluding hydrogens is 540 g/mol. The zero-order chi connectivity index (χ0) is 28.5. The summed E-state index contributed by atoms with van der Waals surface area (Å²) in [5.74, 6) is -0.174. The molecule has 3 fully saturated rings. The van der Waals surface area contributed by atoms with Crippen LogP contribution in [0.4, 0.5) is 14.7 Å². The summed E-state index contributed by atoms with van der Waals surface area (Å²) in [6.45, 7) is 1.76. The number of carbonyl (C=O) groups is 2. The number of nitrogens with zero attached hydrogens (tertiary/aromatic N) is 7. The van der Waals surface area contributed by atoms with E-state index in [1.54, 1.807) is 30.3 Å². The van der Waals surface area contributed by atoms with Gasteiger partial charge in [-0.2, -0.15) is 9.97 Å². The highest BCUT2D eigenvalue weighted by Crippen LogP contribution is 2.32. The van der Waals surface area contributed by atoms with E-state index in [1.807, 2.05) is 4.90 Å². The van der Waals surface area contributed by atoms with Crippen molar-refractivity contribution in [1.82, 2.24) is 29.3 Å². The lowest BCUT2D eigenvalue weighted by Gasteiger charge is -2.31. The Bertz CT molecular complexity index is 1420. The van der Waals surface area contributed by atoms with Gasteiger partial charge in [0.25, 0.3) is 6.43 Å². The number of rotatable bonds is 7. The number of amides is 2. The molecule has 4 heterocycles. The summed E-state index contributed by atoms with van der Waals surface area (Å²) >= 11 is 0. The highest BCUT2D eigenvalue weighted by molar-refractivity contribution is 5.88. The first-order valence-corrected chi connectivity index (χ1v) is 13.7. The van der Waals surface area contributed by atoms with Crippen molar-refractivity contribution in [3.05, 3.63) is 36.2 Å². The first-order valence-electron chi connectivity index (χ1n) is 13.7. The minimum atomic E-state index is -2.82. The number of anilines is 1. The molecule has 0 bridgehead atoms. The molecule has 1 N–H and O–H groups in total. The summed E-state index contributed by atoms with van der Waals surface area (Å²) in [5, 5.41) is 9.29. The average Bonchev–Trinajstić information content (AvgIpc) is 3.58. The molecule has 2 aliphatic heterocycles. The summed E-state index contributed by atoms with van der Waals surface area (Å²) in [7, 11) is 0. The van der Waals surface area contributed by atoms with Gasteiger partial charge in [0, 0.05) is 25.1 Å². The number of benzene rings is 1. The van der Waals surface area contributed by atoms with Gasteiger partial charge in [-0.3, -0.25) is 14.2 Å². The van der Waals surface area contributed by atoms with E-state index >= 15 is 0 Å². The largest absolute Gasteiger partial charge is 0.474 e. The van der Waals surface area contributed by atoms with Crippen LogP contribution in [0.1, 0.15) is 37.9 Å². The van der Waals surface area contributed by atoms with Gasteiger partial charge in [-0.05, 0) is 37.8 Å². The van der Waals surface area contributed by atoms with Crippen molar-refractivity contribution >= 4 is 28.8 Å². The second kappa shape index (κ2) is 11.5. The molecule has 0 atom stereocenters. The van der Waals surface area contributed by atoms with Crippen molar-refractivity contribution in [2.75, 3.05) is 51.1 Å². The third-order valence-electron chi connectivity index (χ3n) is 7.80. The first-order chi connectivity index (χ1) is 19.9. The normalized spacial score (nSPS) is 21.8. The molecule has 1 saturated carbocycles. The molecule has 12 nitrogen and oxygen atoms in total. The Morgan fingerprint density at radius 1 is 1.10 bits per heavy atom. The third kappa shape index (κ3) is 5.53. The standard InChI is InChI=1S/C27H31F2N7O5/c28-24(29)25-30-19-3-1-2-4-20(19)36(25)21-13-22(32-27(31-21)33-9-11-40-12-10-33)41-18-7-5-17(6-8-18)26(39)34-14-23(38)35(15-34)16-37/h1-4,13,17-18,24,37H,5-12,14-16H2. The second-order valence-corrected chi connectivity index (χ2v) is 10.4. The summed E-state index contributed by atoms with van der Waals surface area (Å²) < 4.78 is 41.3. The van der Waals surface area contributed by atoms with Gasteiger partial charge in [-0.15, -0.1) is 0 Å². The number of hydrogen-bond acceptors (Lipinski definition) is 9. The molecule has 6 rings (SSSR count). The highest BCUT2D eigenvalue weighted by Gasteiger charge is 2.36. The number of fused-ring (bicyclic) bond motifs is 1. The Labute approximate surface area is 234 Å². The van der Waals surface area contributed by atoms with E-state index in [9.17, 15) is 23.5 Å². The summed E-state index contributed by atoms with van der Waals surface area (Å²) in [6, 6.07) is 8.46. The highest BCUT2D eigenvalue weighted by atomic mass is 19.3. The van der Waals surface area contributed by atoms with Crippen molar-refractivity contribution in [2.24, 2.45) is 5.92 Å². The summed E-state index contributed by atoms with van der Waals surface area (Å²) in [5.41, 5.74) is 0.932. The van der Waals surface area contributed by atoms with E-state index in [0.717, 1.165) is 0 Å². The maximum Gasteiger partial charge on any atom is 0.296 e. The van der Waals surface area contributed by atoms with Crippen LogP contribution in [0.3, 0.4) is 0 Å². The molecule has 3 aromatic rings. The number of imidazole rings is 1. The van der Waals surface area contributed by atoms with Gasteiger partial charge in [0.2, 0.25) is 23.6 Å². The van der Waals surface area contributed by atoms with Crippen LogP contribution >= 0.6 is 0 Å². The average molecular weight is 572 g/mol. The Kier molecular flexibility index (Phi) is 7.67. The Balaban J connectivity index is 1.23. The van der Waals surface area contributed by atoms with Crippen LogP contribution in [-0.4, -0.2) is 98.6 Å². The van der Waals surface area contributed by atoms with Gasteiger partial charge in [-0.25, -0.2) is 13.8 Å². The molecule has 14 heteroatoms. The number of para-hydroxylation sites is 2. The molecule has 41 heavy (non-hydrogen) atoms. The van der Waals surface area contributed by atoms with Crippen molar-refractivity contribution in [1.29, 1.82) is 0 Å². The van der Waals surface area contributed by atoms with Crippen LogP contribution in [0.2, 0.25) is 0 Å². The van der Waals surface area contributed by atoms with Crippen molar-refractivity contribution in [3.63, 3.8) is 0 Å². The van der Waals surface area contributed by atoms with E-state index in [-0.39, 0.29) is 48.7 Å². The Morgan fingerprint density at radius 3 is 2.56 bits per heavy atom. The van der Waals surface area contributed by atoms with Crippen LogP contribution in [-0.2, 0) is 14.3 Å². The van der Waals surface area contributed by atoms with Gasteiger partial charge in [0.15, 0.2) is 5.82 Å². The summed E-state index contributed by atoms with van der Waals surface area (Å²) in [6.07, 6.45) is -0.735. The second-order valence-electron chi connectivity index (χ2n) is 10.4. The molecule has 2 saturated heterocycles. The fraction of sp³-hybridized carbons (Fsp3) is 0.519.